The molecule has 0 amide bonds. The van der Waals surface area contributed by atoms with E-state index < -0.39 is 0 Å². The summed E-state index contributed by atoms with van der Waals surface area (Å²) in [6.45, 7) is 4.98. The van der Waals surface area contributed by atoms with E-state index in [0.29, 0.717) is 0 Å². The molecule has 3 heteroatoms. The van der Waals surface area contributed by atoms with E-state index in [1.54, 1.807) is 0 Å². The highest BCUT2D eigenvalue weighted by Gasteiger charge is 2.14. The molecule has 1 heterocycles. The van der Waals surface area contributed by atoms with Crippen LogP contribution in [-0.4, -0.2) is 6.54 Å². The molecular formula is C15H18ClNO. The van der Waals surface area contributed by atoms with E-state index in [9.17, 15) is 0 Å². The summed E-state index contributed by atoms with van der Waals surface area (Å²) in [6, 6.07) is 10.3. The normalized spacial score (nSPS) is 12.6. The fourth-order valence-electron chi connectivity index (χ4n) is 2.08. The molecule has 0 fully saturated rings. The molecule has 2 nitrogen and oxygen atoms in total. The summed E-state index contributed by atoms with van der Waals surface area (Å²) in [4.78, 5) is 0. The van der Waals surface area contributed by atoms with Crippen LogP contribution in [0.4, 0.5) is 0 Å². The highest BCUT2D eigenvalue weighted by molar-refractivity contribution is 6.31. The number of hydrogen-bond donors (Lipinski definition) is 1. The van der Waals surface area contributed by atoms with Gasteiger partial charge in [-0.3, -0.25) is 0 Å². The van der Waals surface area contributed by atoms with Crippen molar-refractivity contribution >= 4 is 11.6 Å². The number of rotatable bonds is 5. The van der Waals surface area contributed by atoms with Crippen molar-refractivity contribution in [2.24, 2.45) is 0 Å². The molecule has 0 spiro atoms. The van der Waals surface area contributed by atoms with Gasteiger partial charge in [0.25, 0.3) is 0 Å². The number of likely N-dealkylation sites (N-methyl/N-ethyl adjacent to an activating group) is 1. The first-order valence-electron chi connectivity index (χ1n) is 6.22. The van der Waals surface area contributed by atoms with Gasteiger partial charge in [-0.2, -0.15) is 0 Å². The quantitative estimate of drug-likeness (QED) is 0.877. The Kier molecular flexibility index (Phi) is 4.45. The van der Waals surface area contributed by atoms with Crippen molar-refractivity contribution in [1.29, 1.82) is 0 Å². The fraction of sp³-hybridized carbons (Fsp3) is 0.333. The third kappa shape index (κ3) is 3.15. The topological polar surface area (TPSA) is 25.2 Å². The summed E-state index contributed by atoms with van der Waals surface area (Å²) in [6.07, 6.45) is 2.69. The smallest absolute Gasteiger partial charge is 0.101 e. The van der Waals surface area contributed by atoms with Gasteiger partial charge in [0.1, 0.15) is 5.76 Å². The first-order valence-corrected chi connectivity index (χ1v) is 6.60. The number of furan rings is 1. The molecule has 0 aliphatic rings. The lowest BCUT2D eigenvalue weighted by Crippen LogP contribution is -2.22. The Hall–Kier alpha value is -1.25. The summed E-state index contributed by atoms with van der Waals surface area (Å²) < 4.78 is 5.39. The van der Waals surface area contributed by atoms with Gasteiger partial charge in [-0.1, -0.05) is 36.7 Å². The average molecular weight is 264 g/mol. The molecule has 0 saturated heterocycles. The van der Waals surface area contributed by atoms with Crippen LogP contribution in [0.15, 0.2) is 41.0 Å². The molecule has 1 aromatic heterocycles. The monoisotopic (exact) mass is 263 g/mol. The highest BCUT2D eigenvalue weighted by atomic mass is 35.5. The van der Waals surface area contributed by atoms with Crippen LogP contribution in [0.2, 0.25) is 5.02 Å². The molecule has 1 unspecified atom stereocenters. The number of benzene rings is 1. The van der Waals surface area contributed by atoms with Crippen molar-refractivity contribution in [3.05, 3.63) is 58.5 Å². The van der Waals surface area contributed by atoms with Crippen LogP contribution in [0.25, 0.3) is 0 Å². The van der Waals surface area contributed by atoms with Crippen LogP contribution in [0, 0.1) is 6.92 Å². The predicted molar refractivity (Wildman–Crippen MR) is 75.0 cm³/mol. The molecule has 96 valence electrons. The molecule has 0 radical (unpaired) electrons. The van der Waals surface area contributed by atoms with Crippen LogP contribution in [0.1, 0.15) is 29.9 Å². The zero-order chi connectivity index (χ0) is 13.0. The molecule has 2 aromatic rings. The van der Waals surface area contributed by atoms with Gasteiger partial charge in [-0.05, 0) is 37.6 Å². The second-order valence-electron chi connectivity index (χ2n) is 4.40. The Morgan fingerprint density at radius 1 is 1.33 bits per heavy atom. The van der Waals surface area contributed by atoms with Gasteiger partial charge >= 0.3 is 0 Å². The van der Waals surface area contributed by atoms with Gasteiger partial charge < -0.3 is 9.73 Å². The minimum atomic E-state index is 0.243. The molecule has 1 atom stereocenters. The van der Waals surface area contributed by atoms with Crippen molar-refractivity contribution in [2.75, 3.05) is 6.54 Å². The summed E-state index contributed by atoms with van der Waals surface area (Å²) in [5.74, 6) is 0.937. The number of halogens is 1. The molecule has 1 aromatic carbocycles. The van der Waals surface area contributed by atoms with Crippen LogP contribution < -0.4 is 5.32 Å². The first-order chi connectivity index (χ1) is 8.70. The second kappa shape index (κ2) is 6.07. The number of aryl methyl sites for hydroxylation is 1. The lowest BCUT2D eigenvalue weighted by Gasteiger charge is -2.17. The van der Waals surface area contributed by atoms with Crippen molar-refractivity contribution in [3.63, 3.8) is 0 Å². The van der Waals surface area contributed by atoms with Crippen LogP contribution in [0.5, 0.6) is 0 Å². The Labute approximate surface area is 113 Å². The van der Waals surface area contributed by atoms with Gasteiger partial charge in [0.2, 0.25) is 0 Å². The fourth-order valence-corrected chi connectivity index (χ4v) is 2.30. The second-order valence-corrected chi connectivity index (χ2v) is 4.80. The van der Waals surface area contributed by atoms with Crippen molar-refractivity contribution < 1.29 is 4.42 Å². The first kappa shape index (κ1) is 13.2. The van der Waals surface area contributed by atoms with Crippen molar-refractivity contribution in [3.8, 4) is 0 Å². The maximum absolute atomic E-state index is 6.21. The molecule has 18 heavy (non-hydrogen) atoms. The number of nitrogens with one attached hydrogen (secondary N) is 1. The van der Waals surface area contributed by atoms with Crippen LogP contribution in [0.3, 0.4) is 0 Å². The van der Waals surface area contributed by atoms with Gasteiger partial charge in [-0.25, -0.2) is 0 Å². The van der Waals surface area contributed by atoms with E-state index >= 15 is 0 Å². The predicted octanol–water partition coefficient (Wildman–Crippen LogP) is 4.13. The Balaban J connectivity index is 2.19. The van der Waals surface area contributed by atoms with E-state index in [1.165, 1.54) is 5.56 Å². The molecule has 0 saturated carbocycles. The van der Waals surface area contributed by atoms with Gasteiger partial charge in [0, 0.05) is 16.6 Å². The maximum Gasteiger partial charge on any atom is 0.101 e. The van der Waals surface area contributed by atoms with Crippen LogP contribution in [-0.2, 0) is 6.42 Å². The SMILES string of the molecule is CCNC(Cc1ccccc1Cl)c1coc(C)c1. The summed E-state index contributed by atoms with van der Waals surface area (Å²) in [5.41, 5.74) is 2.33. The van der Waals surface area contributed by atoms with Gasteiger partial charge in [-0.15, -0.1) is 0 Å². The molecular weight excluding hydrogens is 246 g/mol. The van der Waals surface area contributed by atoms with E-state index in [4.69, 9.17) is 16.0 Å². The minimum absolute atomic E-state index is 0.243. The molecule has 0 aliphatic heterocycles. The average Bonchev–Trinajstić information content (AvgIpc) is 2.78. The third-order valence-corrected chi connectivity index (χ3v) is 3.35. The molecule has 1 N–H and O–H groups in total. The Morgan fingerprint density at radius 2 is 2.11 bits per heavy atom. The van der Waals surface area contributed by atoms with E-state index in [2.05, 4.69) is 24.4 Å². The zero-order valence-electron chi connectivity index (χ0n) is 10.7. The minimum Gasteiger partial charge on any atom is -0.469 e. The molecule has 2 rings (SSSR count). The lowest BCUT2D eigenvalue weighted by atomic mass is 10.0. The molecule has 0 bridgehead atoms. The largest absolute Gasteiger partial charge is 0.469 e. The standard InChI is InChI=1S/C15H18ClNO/c1-3-17-15(13-8-11(2)18-10-13)9-12-6-4-5-7-14(12)16/h4-8,10,15,17H,3,9H2,1-2H3. The van der Waals surface area contributed by atoms with E-state index in [-0.39, 0.29) is 6.04 Å². The lowest BCUT2D eigenvalue weighted by molar-refractivity contribution is 0.511. The zero-order valence-corrected chi connectivity index (χ0v) is 11.5. The Bertz CT molecular complexity index is 507. The summed E-state index contributed by atoms with van der Waals surface area (Å²) in [5, 5.41) is 4.29. The maximum atomic E-state index is 6.21. The van der Waals surface area contributed by atoms with Gasteiger partial charge in [0.05, 0.1) is 6.26 Å². The van der Waals surface area contributed by atoms with E-state index in [0.717, 1.165) is 29.3 Å². The van der Waals surface area contributed by atoms with Gasteiger partial charge in [0.15, 0.2) is 0 Å². The van der Waals surface area contributed by atoms with Crippen molar-refractivity contribution in [2.45, 2.75) is 26.3 Å². The van der Waals surface area contributed by atoms with Crippen LogP contribution >= 0.6 is 11.6 Å². The Morgan fingerprint density at radius 3 is 2.72 bits per heavy atom. The van der Waals surface area contributed by atoms with E-state index in [1.807, 2.05) is 31.4 Å². The third-order valence-electron chi connectivity index (χ3n) is 2.99. The molecule has 0 aliphatic carbocycles. The summed E-state index contributed by atoms with van der Waals surface area (Å²) >= 11 is 6.21. The number of hydrogen-bond acceptors (Lipinski definition) is 2. The van der Waals surface area contributed by atoms with Crippen molar-refractivity contribution in [1.82, 2.24) is 5.32 Å². The highest BCUT2D eigenvalue weighted by Crippen LogP contribution is 2.24. The summed E-state index contributed by atoms with van der Waals surface area (Å²) in [7, 11) is 0.